The van der Waals surface area contributed by atoms with Gasteiger partial charge in [0.2, 0.25) is 0 Å². The van der Waals surface area contributed by atoms with Crippen molar-refractivity contribution < 1.29 is 33.3 Å². The lowest BCUT2D eigenvalue weighted by Gasteiger charge is -2.22. The third kappa shape index (κ3) is 14.8. The van der Waals surface area contributed by atoms with Crippen LogP contribution < -0.4 is 15.2 Å². The summed E-state index contributed by atoms with van der Waals surface area (Å²) in [4.78, 5) is 41.5. The number of unbranched alkanes of at least 4 members (excludes halogenated alkanes) is 14. The Balaban J connectivity index is 0.947. The first kappa shape index (κ1) is 50.5. The molecule has 0 unspecified atom stereocenters. The highest BCUT2D eigenvalue weighted by molar-refractivity contribution is 7.99. The first-order valence-electron chi connectivity index (χ1n) is 23.6. The molecule has 1 heterocycles. The molecule has 0 aliphatic heterocycles. The van der Waals surface area contributed by atoms with Gasteiger partial charge in [-0.3, -0.25) is 4.79 Å². The van der Waals surface area contributed by atoms with Crippen molar-refractivity contribution in [3.8, 4) is 22.4 Å². The maximum Gasteiger partial charge on any atom is 0.333 e. The number of nitrogens with two attached hydrogens (primary N) is 1. The largest absolute Gasteiger partial charge is 0.494 e. The van der Waals surface area contributed by atoms with E-state index in [1.54, 1.807) is 37.4 Å². The van der Waals surface area contributed by atoms with Crippen molar-refractivity contribution in [3.05, 3.63) is 108 Å². The second kappa shape index (κ2) is 26.4. The molecule has 0 saturated carbocycles. The number of hydrogen-bond donors (Lipinski definition) is 2. The first-order valence-corrected chi connectivity index (χ1v) is 26.1. The number of esters is 2. The predicted molar refractivity (Wildman–Crippen MR) is 272 cm³/mol. The van der Waals surface area contributed by atoms with Crippen molar-refractivity contribution in [2.45, 2.75) is 136 Å². The van der Waals surface area contributed by atoms with E-state index in [1.807, 2.05) is 36.4 Å². The molecule has 4 aromatic carbocycles. The number of aromatic amines is 1. The zero-order chi connectivity index (χ0) is 46.7. The number of carbonyl (C=O) groups excluding carboxylic acids is 3. The van der Waals surface area contributed by atoms with Crippen LogP contribution in [0.1, 0.15) is 133 Å². The van der Waals surface area contributed by atoms with E-state index in [0.29, 0.717) is 48.8 Å². The molecule has 3 N–H and O–H groups in total. The maximum absolute atomic E-state index is 14.8. The highest BCUT2D eigenvalue weighted by atomic mass is 32.2. The highest BCUT2D eigenvalue weighted by Gasteiger charge is 2.33. The molecular weight excluding hydrogens is 884 g/mol. The lowest BCUT2D eigenvalue weighted by atomic mass is 9.87. The molecule has 5 aromatic rings. The predicted octanol–water partition coefficient (Wildman–Crippen LogP) is 15.1. The van der Waals surface area contributed by atoms with Gasteiger partial charge in [0.1, 0.15) is 11.5 Å². The second-order valence-electron chi connectivity index (χ2n) is 17.0. The Labute approximate surface area is 401 Å². The number of ether oxygens (including phenoxy) is 4. The monoisotopic (exact) mass is 948 g/mol. The molecule has 0 amide bonds. The Hall–Kier alpha value is -4.96. The van der Waals surface area contributed by atoms with Gasteiger partial charge in [-0.2, -0.15) is 0 Å². The van der Waals surface area contributed by atoms with Crippen LogP contribution in [0.15, 0.2) is 117 Å². The molecule has 0 saturated heterocycles. The molecule has 0 spiro atoms. The smallest absolute Gasteiger partial charge is 0.333 e. The van der Waals surface area contributed by atoms with Crippen LogP contribution in [0.4, 0.5) is 5.69 Å². The number of carbonyl (C=O) groups is 3. The molecule has 0 fully saturated rings. The third-order valence-electron chi connectivity index (χ3n) is 11.5. The average molecular weight is 949 g/mol. The van der Waals surface area contributed by atoms with Crippen LogP contribution in [0.2, 0.25) is 0 Å². The summed E-state index contributed by atoms with van der Waals surface area (Å²) in [5.41, 5.74) is 11.3. The molecule has 1 aromatic heterocycles. The number of benzene rings is 4. The summed E-state index contributed by atoms with van der Waals surface area (Å²) in [6, 6.07) is 24.3. The van der Waals surface area contributed by atoms with Crippen LogP contribution in [-0.2, 0) is 19.1 Å². The summed E-state index contributed by atoms with van der Waals surface area (Å²) in [6.45, 7) is 12.9. The Kier molecular flexibility index (Phi) is 20.2. The number of hydrogen-bond acceptors (Lipinski definition) is 10. The molecule has 12 heteroatoms. The molecule has 0 atom stereocenters. The van der Waals surface area contributed by atoms with Crippen molar-refractivity contribution in [1.82, 2.24) is 4.75 Å². The zero-order valence-electron chi connectivity index (χ0n) is 38.7. The number of ketones is 1. The fourth-order valence-electron chi connectivity index (χ4n) is 7.82. The minimum atomic E-state index is -0.302. The highest BCUT2D eigenvalue weighted by Crippen LogP contribution is 2.52. The van der Waals surface area contributed by atoms with Crippen molar-refractivity contribution in [1.29, 1.82) is 0 Å². The van der Waals surface area contributed by atoms with Crippen molar-refractivity contribution in [2.75, 3.05) is 32.2 Å². The van der Waals surface area contributed by atoms with Gasteiger partial charge in [-0.05, 0) is 112 Å². The molecule has 0 bridgehead atoms. The topological polar surface area (TPSA) is 130 Å². The lowest BCUT2D eigenvalue weighted by Crippen LogP contribution is -2.13. The molecule has 6 rings (SSSR count). The van der Waals surface area contributed by atoms with Gasteiger partial charge < -0.3 is 29.4 Å². The molecule has 350 valence electrons. The van der Waals surface area contributed by atoms with Gasteiger partial charge in [0.25, 0.3) is 0 Å². The number of nitrogens with one attached hydrogen (secondary N) is 1. The van der Waals surface area contributed by atoms with Gasteiger partial charge in [-0.25, -0.2) is 9.59 Å². The number of fused-ring (bicyclic) bond motifs is 2. The summed E-state index contributed by atoms with van der Waals surface area (Å²) in [5, 5.41) is 1.99. The van der Waals surface area contributed by atoms with Crippen LogP contribution in [0.5, 0.6) is 11.5 Å². The van der Waals surface area contributed by atoms with Gasteiger partial charge in [0, 0.05) is 72.1 Å². The number of anilines is 1. The fraction of sp³-hybridized carbons (Fsp3) is 0.407. The van der Waals surface area contributed by atoms with Crippen molar-refractivity contribution >= 4 is 66.2 Å². The normalized spacial score (nSPS) is 11.8. The van der Waals surface area contributed by atoms with Crippen LogP contribution >= 0.6 is 31.9 Å². The third-order valence-corrected chi connectivity index (χ3v) is 14.6. The number of nitrogen functional groups attached to an aromatic ring is 1. The van der Waals surface area contributed by atoms with E-state index < -0.39 is 0 Å². The van der Waals surface area contributed by atoms with E-state index in [2.05, 4.69) is 54.3 Å². The Morgan fingerprint density at radius 3 is 1.41 bits per heavy atom. The van der Waals surface area contributed by atoms with Gasteiger partial charge in [-0.15, -0.1) is 0 Å². The Bertz CT molecular complexity index is 2430. The molecule has 1 aliphatic rings. The lowest BCUT2D eigenvalue weighted by molar-refractivity contribution is -0.139. The van der Waals surface area contributed by atoms with Gasteiger partial charge >= 0.3 is 11.9 Å². The summed E-state index contributed by atoms with van der Waals surface area (Å²) in [7, 11) is 0.914. The first-order chi connectivity index (χ1) is 32.1. The molecule has 9 nitrogen and oxygen atoms in total. The van der Waals surface area contributed by atoms with E-state index in [9.17, 15) is 14.4 Å². The van der Waals surface area contributed by atoms with Crippen LogP contribution in [0, 0.1) is 0 Å². The molecule has 1 aliphatic carbocycles. The Morgan fingerprint density at radius 1 is 0.545 bits per heavy atom. The van der Waals surface area contributed by atoms with Crippen molar-refractivity contribution in [2.24, 2.45) is 0 Å². The number of aromatic nitrogens is 1. The molecule has 0 radical (unpaired) electrons. The maximum atomic E-state index is 14.8. The molecular formula is C54H65N2O7PS2. The van der Waals surface area contributed by atoms with Gasteiger partial charge in [0.05, 0.1) is 31.9 Å². The average Bonchev–Trinajstić information content (AvgIpc) is 3.74. The van der Waals surface area contributed by atoms with E-state index in [4.69, 9.17) is 24.7 Å². The van der Waals surface area contributed by atoms with Crippen LogP contribution in [0.3, 0.4) is 0 Å². The van der Waals surface area contributed by atoms with Crippen LogP contribution in [-0.4, -0.2) is 48.9 Å². The number of rotatable bonds is 30. The fourth-order valence-corrected chi connectivity index (χ4v) is 10.9. The standard InChI is InChI=1S/C54H65N2O7PS2/c1-37(2)53(58)62-35-19-15-11-7-5-9-13-17-33-60-39-21-25-41(26-22-39)65-45-31-29-43(55)47-49(45)51(57)50-46(32-30-44-48(50)52(47)64-56-44)66-42-27-23-40(24-28-42)61-34-18-14-10-6-8-12-16-20-36-63-54(59)38(3)4/h21-32,56H,1,3,5-20,33-36,55H2,2,4H3. The van der Waals surface area contributed by atoms with E-state index in [0.717, 1.165) is 131 Å². The minimum absolute atomic E-state index is 0.00933. The number of H-pyrrole nitrogens is 1. The van der Waals surface area contributed by atoms with Gasteiger partial charge in [-0.1, -0.05) is 114 Å². The summed E-state index contributed by atoms with van der Waals surface area (Å²) < 4.78 is 26.0. The SMILES string of the molecule is C=C(C)C(=O)OCCCCCCCCCCOc1ccc(Sc2ccc(N)c3c2C(=O)c2c(Sc4ccc(OCCCCCCCCCCOC(=O)C(=C)C)cc4)ccc4[nH]pc-3c24)cc1. The van der Waals surface area contributed by atoms with Crippen molar-refractivity contribution in [3.63, 3.8) is 0 Å². The second-order valence-corrected chi connectivity index (χ2v) is 20.1. The summed E-state index contributed by atoms with van der Waals surface area (Å²) in [6.07, 6.45) is 17.7. The summed E-state index contributed by atoms with van der Waals surface area (Å²) >= 11 is 3.17. The Morgan fingerprint density at radius 2 is 0.955 bits per heavy atom. The molecule has 66 heavy (non-hydrogen) atoms. The zero-order valence-corrected chi connectivity index (χ0v) is 41.2. The minimum Gasteiger partial charge on any atom is -0.494 e. The van der Waals surface area contributed by atoms with E-state index >= 15 is 0 Å². The summed E-state index contributed by atoms with van der Waals surface area (Å²) in [5.74, 6) is 1.07. The quantitative estimate of drug-likeness (QED) is 0.0195. The van der Waals surface area contributed by atoms with E-state index in [-0.39, 0.29) is 17.7 Å². The van der Waals surface area contributed by atoms with E-state index in [1.165, 1.54) is 38.5 Å². The van der Waals surface area contributed by atoms with Gasteiger partial charge in [0.15, 0.2) is 5.78 Å². The van der Waals surface area contributed by atoms with Crippen LogP contribution in [0.25, 0.3) is 21.8 Å².